The van der Waals surface area contributed by atoms with Crippen molar-refractivity contribution in [1.29, 1.82) is 0 Å². The van der Waals surface area contributed by atoms with Gasteiger partial charge in [0.15, 0.2) is 0 Å². The second-order valence-corrected chi connectivity index (χ2v) is 14.5. The van der Waals surface area contributed by atoms with E-state index in [9.17, 15) is 18.0 Å². The van der Waals surface area contributed by atoms with E-state index in [-0.39, 0.29) is 18.9 Å². The number of carbonyl (C=O) groups is 2. The SMILES string of the molecule is Cc1cc(N(CC(=O)N(Cc2ccc(Cl)cc2Cl)[C@@H](Cc2ccccc2)C(=O)NC(C)(C)C)S(C)(=O)=O)ccc1Br. The summed E-state index contributed by atoms with van der Waals surface area (Å²) in [5, 5.41) is 3.74. The van der Waals surface area contributed by atoms with Gasteiger partial charge >= 0.3 is 0 Å². The molecule has 0 aliphatic heterocycles. The molecule has 0 saturated carbocycles. The molecule has 0 aliphatic carbocycles. The van der Waals surface area contributed by atoms with Crippen LogP contribution < -0.4 is 9.62 Å². The summed E-state index contributed by atoms with van der Waals surface area (Å²) >= 11 is 16.0. The zero-order valence-electron chi connectivity index (χ0n) is 23.6. The van der Waals surface area contributed by atoms with Gasteiger partial charge in [-0.15, -0.1) is 0 Å². The third-order valence-electron chi connectivity index (χ3n) is 6.23. The lowest BCUT2D eigenvalue weighted by molar-refractivity contribution is -0.140. The Morgan fingerprint density at radius 2 is 1.66 bits per heavy atom. The van der Waals surface area contributed by atoms with E-state index in [0.717, 1.165) is 26.2 Å². The van der Waals surface area contributed by atoms with Crippen LogP contribution in [0.3, 0.4) is 0 Å². The zero-order valence-corrected chi connectivity index (χ0v) is 27.5. The maximum atomic E-state index is 14.2. The summed E-state index contributed by atoms with van der Waals surface area (Å²) in [5.41, 5.74) is 1.97. The van der Waals surface area contributed by atoms with Gasteiger partial charge in [-0.05, 0) is 74.7 Å². The number of sulfonamides is 1. The van der Waals surface area contributed by atoms with E-state index in [1.807, 2.05) is 58.0 Å². The number of anilines is 1. The van der Waals surface area contributed by atoms with Gasteiger partial charge in [-0.3, -0.25) is 13.9 Å². The Hall–Kier alpha value is -2.59. The Morgan fingerprint density at radius 1 is 1.00 bits per heavy atom. The molecule has 0 aromatic heterocycles. The van der Waals surface area contributed by atoms with E-state index < -0.39 is 34.1 Å². The number of benzene rings is 3. The highest BCUT2D eigenvalue weighted by Gasteiger charge is 2.34. The number of hydrogen-bond donors (Lipinski definition) is 1. The quantitative estimate of drug-likeness (QED) is 0.269. The van der Waals surface area contributed by atoms with E-state index in [2.05, 4.69) is 21.2 Å². The molecular formula is C30H34BrCl2N3O4S. The molecule has 0 bridgehead atoms. The highest BCUT2D eigenvalue weighted by Crippen LogP contribution is 2.27. The highest BCUT2D eigenvalue weighted by molar-refractivity contribution is 9.10. The van der Waals surface area contributed by atoms with Crippen molar-refractivity contribution in [3.63, 3.8) is 0 Å². The molecule has 0 aliphatic rings. The van der Waals surface area contributed by atoms with E-state index in [1.54, 1.807) is 36.4 Å². The Morgan fingerprint density at radius 3 is 2.22 bits per heavy atom. The molecule has 0 spiro atoms. The molecule has 1 atom stereocenters. The van der Waals surface area contributed by atoms with Crippen LogP contribution in [0.4, 0.5) is 5.69 Å². The van der Waals surface area contributed by atoms with Crippen LogP contribution in [0.2, 0.25) is 10.0 Å². The number of carbonyl (C=O) groups excluding carboxylic acids is 2. The summed E-state index contributed by atoms with van der Waals surface area (Å²) in [6.07, 6.45) is 1.25. The lowest BCUT2D eigenvalue weighted by atomic mass is 10.0. The molecule has 1 N–H and O–H groups in total. The summed E-state index contributed by atoms with van der Waals surface area (Å²) in [7, 11) is -3.87. The molecule has 11 heteroatoms. The molecule has 3 aromatic carbocycles. The molecule has 3 aromatic rings. The maximum Gasteiger partial charge on any atom is 0.244 e. The second-order valence-electron chi connectivity index (χ2n) is 10.9. The van der Waals surface area contributed by atoms with Gasteiger partial charge < -0.3 is 10.2 Å². The second kappa shape index (κ2) is 13.6. The minimum atomic E-state index is -3.87. The Labute approximate surface area is 261 Å². The van der Waals surface area contributed by atoms with Crippen LogP contribution in [0.1, 0.15) is 37.5 Å². The van der Waals surface area contributed by atoms with Gasteiger partial charge in [0, 0.05) is 33.0 Å². The topological polar surface area (TPSA) is 86.8 Å². The molecule has 220 valence electrons. The van der Waals surface area contributed by atoms with Crippen LogP contribution in [-0.4, -0.2) is 49.5 Å². The molecule has 3 rings (SSSR count). The fourth-order valence-electron chi connectivity index (χ4n) is 4.24. The first-order chi connectivity index (χ1) is 19.0. The van der Waals surface area contributed by atoms with Crippen molar-refractivity contribution >= 4 is 66.7 Å². The van der Waals surface area contributed by atoms with Gasteiger partial charge in [-0.25, -0.2) is 8.42 Å². The fraction of sp³-hybridized carbons (Fsp3) is 0.333. The third-order valence-corrected chi connectivity index (χ3v) is 8.85. The summed E-state index contributed by atoms with van der Waals surface area (Å²) in [6, 6.07) is 18.3. The Kier molecular flexibility index (Phi) is 10.9. The van der Waals surface area contributed by atoms with Crippen molar-refractivity contribution in [3.8, 4) is 0 Å². The van der Waals surface area contributed by atoms with E-state index in [1.165, 1.54) is 4.90 Å². The number of hydrogen-bond acceptors (Lipinski definition) is 4. The maximum absolute atomic E-state index is 14.2. The monoisotopic (exact) mass is 681 g/mol. The normalized spacial score (nSPS) is 12.5. The van der Waals surface area contributed by atoms with Crippen molar-refractivity contribution in [2.45, 2.75) is 52.2 Å². The third kappa shape index (κ3) is 9.46. The zero-order chi connectivity index (χ0) is 30.5. The van der Waals surface area contributed by atoms with Crippen LogP contribution >= 0.6 is 39.1 Å². The number of rotatable bonds is 10. The van der Waals surface area contributed by atoms with Crippen molar-refractivity contribution in [3.05, 3.63) is 97.9 Å². The van der Waals surface area contributed by atoms with E-state index >= 15 is 0 Å². The van der Waals surface area contributed by atoms with Crippen LogP contribution in [0.15, 0.2) is 71.2 Å². The van der Waals surface area contributed by atoms with Crippen LogP contribution in [-0.2, 0) is 32.6 Å². The lowest BCUT2D eigenvalue weighted by Gasteiger charge is -2.35. The number of aryl methyl sites for hydroxylation is 1. The molecule has 0 radical (unpaired) electrons. The van der Waals surface area contributed by atoms with Gasteiger partial charge in [0.1, 0.15) is 12.6 Å². The van der Waals surface area contributed by atoms with Crippen molar-refractivity contribution in [1.82, 2.24) is 10.2 Å². The summed E-state index contributed by atoms with van der Waals surface area (Å²) in [4.78, 5) is 29.3. The standard InChI is InChI=1S/C30H34BrCl2N3O4S/c1-20-15-24(13-14-25(20)31)36(41(5,39)40)19-28(37)35(18-22-11-12-23(32)17-26(22)33)27(29(38)34-30(2,3)4)16-21-9-7-6-8-10-21/h6-15,17,27H,16,18-19H2,1-5H3,(H,34,38)/t27-/m0/s1. The van der Waals surface area contributed by atoms with Crippen molar-refractivity contribution in [2.24, 2.45) is 0 Å². The van der Waals surface area contributed by atoms with Crippen molar-refractivity contribution < 1.29 is 18.0 Å². The predicted octanol–water partition coefficient (Wildman–Crippen LogP) is 6.39. The molecule has 7 nitrogen and oxygen atoms in total. The minimum Gasteiger partial charge on any atom is -0.350 e. The molecule has 0 heterocycles. The van der Waals surface area contributed by atoms with Gasteiger partial charge in [-0.1, -0.05) is 75.5 Å². The minimum absolute atomic E-state index is 0.0408. The molecule has 0 saturated heterocycles. The molecular weight excluding hydrogens is 649 g/mol. The van der Waals surface area contributed by atoms with Crippen LogP contribution in [0, 0.1) is 6.92 Å². The summed E-state index contributed by atoms with van der Waals surface area (Å²) < 4.78 is 27.7. The summed E-state index contributed by atoms with van der Waals surface area (Å²) in [6.45, 7) is 6.84. The van der Waals surface area contributed by atoms with Gasteiger partial charge in [0.2, 0.25) is 21.8 Å². The van der Waals surface area contributed by atoms with Crippen LogP contribution in [0.25, 0.3) is 0 Å². The fourth-order valence-corrected chi connectivity index (χ4v) is 5.79. The number of nitrogens with zero attached hydrogens (tertiary/aromatic N) is 2. The summed E-state index contributed by atoms with van der Waals surface area (Å²) in [5.74, 6) is -0.933. The predicted molar refractivity (Wildman–Crippen MR) is 170 cm³/mol. The first kappa shape index (κ1) is 32.9. The number of nitrogens with one attached hydrogen (secondary N) is 1. The van der Waals surface area contributed by atoms with Gasteiger partial charge in [0.05, 0.1) is 11.9 Å². The smallest absolute Gasteiger partial charge is 0.244 e. The average Bonchev–Trinajstić information content (AvgIpc) is 2.86. The van der Waals surface area contributed by atoms with Gasteiger partial charge in [-0.2, -0.15) is 0 Å². The highest BCUT2D eigenvalue weighted by atomic mass is 79.9. The van der Waals surface area contributed by atoms with Crippen molar-refractivity contribution in [2.75, 3.05) is 17.1 Å². The van der Waals surface area contributed by atoms with E-state index in [0.29, 0.717) is 21.3 Å². The number of amides is 2. The van der Waals surface area contributed by atoms with E-state index in [4.69, 9.17) is 23.2 Å². The molecule has 0 unspecified atom stereocenters. The molecule has 0 fully saturated rings. The van der Waals surface area contributed by atoms with Gasteiger partial charge in [0.25, 0.3) is 0 Å². The number of halogens is 3. The Bertz CT molecular complexity index is 1510. The lowest BCUT2D eigenvalue weighted by Crippen LogP contribution is -2.56. The molecule has 2 amide bonds. The average molecular weight is 683 g/mol. The first-order valence-corrected chi connectivity index (χ1v) is 16.3. The Balaban J connectivity index is 2.11. The van der Waals surface area contributed by atoms with Crippen LogP contribution in [0.5, 0.6) is 0 Å². The molecule has 41 heavy (non-hydrogen) atoms. The largest absolute Gasteiger partial charge is 0.350 e. The first-order valence-electron chi connectivity index (χ1n) is 12.9.